The summed E-state index contributed by atoms with van der Waals surface area (Å²) in [7, 11) is 0. The van der Waals surface area contributed by atoms with E-state index >= 15 is 0 Å². The largest absolute Gasteiger partial charge is 0.381 e. The fourth-order valence-electron chi connectivity index (χ4n) is 1.12. The first-order valence-electron chi connectivity index (χ1n) is 4.39. The van der Waals surface area contributed by atoms with Gasteiger partial charge in [0.15, 0.2) is 11.6 Å². The first kappa shape index (κ1) is 10.1. The third kappa shape index (κ3) is 1.85. The average Bonchev–Trinajstić information content (AvgIpc) is 2.52. The van der Waals surface area contributed by atoms with Gasteiger partial charge < -0.3 is 5.73 Å². The van der Waals surface area contributed by atoms with Crippen molar-refractivity contribution in [2.45, 2.75) is 13.8 Å². The molecule has 0 spiro atoms. The highest BCUT2D eigenvalue weighted by Crippen LogP contribution is 2.18. The SMILES string of the molecule is Cc1ncc(-n2cc(Br)c(N)n2)nc1C. The normalized spacial score (nSPS) is 10.6. The lowest BCUT2D eigenvalue weighted by atomic mass is 10.3. The van der Waals surface area contributed by atoms with E-state index < -0.39 is 0 Å². The van der Waals surface area contributed by atoms with Crippen LogP contribution in [0.15, 0.2) is 16.9 Å². The molecule has 0 unspecified atom stereocenters. The molecule has 0 aliphatic heterocycles. The summed E-state index contributed by atoms with van der Waals surface area (Å²) >= 11 is 3.29. The minimum absolute atomic E-state index is 0.440. The minimum atomic E-state index is 0.440. The molecule has 0 amide bonds. The smallest absolute Gasteiger partial charge is 0.172 e. The molecule has 0 aromatic carbocycles. The number of nitrogens with zero attached hydrogens (tertiary/aromatic N) is 4. The van der Waals surface area contributed by atoms with E-state index in [2.05, 4.69) is 31.0 Å². The molecule has 2 rings (SSSR count). The fourth-order valence-corrected chi connectivity index (χ4v) is 1.40. The van der Waals surface area contributed by atoms with Crippen LogP contribution in [0.3, 0.4) is 0 Å². The molecule has 0 radical (unpaired) electrons. The number of aromatic nitrogens is 4. The average molecular weight is 268 g/mol. The van der Waals surface area contributed by atoms with Crippen LogP contribution in [0.2, 0.25) is 0 Å². The lowest BCUT2D eigenvalue weighted by molar-refractivity contribution is 0.827. The van der Waals surface area contributed by atoms with E-state index in [1.807, 2.05) is 13.8 Å². The van der Waals surface area contributed by atoms with Crippen LogP contribution in [-0.2, 0) is 0 Å². The highest BCUT2D eigenvalue weighted by atomic mass is 79.9. The van der Waals surface area contributed by atoms with Crippen molar-refractivity contribution in [2.75, 3.05) is 5.73 Å². The molecule has 0 atom stereocenters. The lowest BCUT2D eigenvalue weighted by Crippen LogP contribution is -2.02. The summed E-state index contributed by atoms with van der Waals surface area (Å²) in [6.07, 6.45) is 3.43. The molecule has 0 saturated heterocycles. The maximum atomic E-state index is 5.62. The van der Waals surface area contributed by atoms with Crippen LogP contribution in [0.25, 0.3) is 5.82 Å². The van der Waals surface area contributed by atoms with E-state index in [-0.39, 0.29) is 0 Å². The maximum Gasteiger partial charge on any atom is 0.172 e. The zero-order chi connectivity index (χ0) is 11.0. The number of nitrogen functional groups attached to an aromatic ring is 1. The van der Waals surface area contributed by atoms with E-state index in [0.29, 0.717) is 11.6 Å². The van der Waals surface area contributed by atoms with Crippen LogP contribution in [-0.4, -0.2) is 19.7 Å². The second kappa shape index (κ2) is 3.62. The summed E-state index contributed by atoms with van der Waals surface area (Å²) in [4.78, 5) is 8.57. The number of anilines is 1. The number of hydrogen-bond acceptors (Lipinski definition) is 4. The Balaban J connectivity index is 2.49. The summed E-state index contributed by atoms with van der Waals surface area (Å²) < 4.78 is 2.35. The summed E-state index contributed by atoms with van der Waals surface area (Å²) in [5.41, 5.74) is 7.42. The van der Waals surface area contributed by atoms with Gasteiger partial charge in [-0.2, -0.15) is 0 Å². The predicted molar refractivity (Wildman–Crippen MR) is 60.7 cm³/mol. The Morgan fingerprint density at radius 2 is 2.07 bits per heavy atom. The van der Waals surface area contributed by atoms with Crippen molar-refractivity contribution in [2.24, 2.45) is 0 Å². The molecule has 2 heterocycles. The maximum absolute atomic E-state index is 5.62. The molecule has 2 aromatic rings. The number of rotatable bonds is 1. The van der Waals surface area contributed by atoms with Crippen LogP contribution in [0.5, 0.6) is 0 Å². The molecule has 0 bridgehead atoms. The Bertz CT molecular complexity index is 486. The van der Waals surface area contributed by atoms with Crippen molar-refractivity contribution in [1.82, 2.24) is 19.7 Å². The first-order chi connectivity index (χ1) is 7.08. The molecule has 0 aliphatic carbocycles. The van der Waals surface area contributed by atoms with E-state index in [9.17, 15) is 0 Å². The number of halogens is 1. The van der Waals surface area contributed by atoms with Gasteiger partial charge in [-0.1, -0.05) is 0 Å². The Labute approximate surface area is 95.5 Å². The van der Waals surface area contributed by atoms with Gasteiger partial charge in [0.05, 0.1) is 22.1 Å². The molecule has 15 heavy (non-hydrogen) atoms. The van der Waals surface area contributed by atoms with Crippen molar-refractivity contribution in [3.8, 4) is 5.82 Å². The zero-order valence-corrected chi connectivity index (χ0v) is 9.98. The van der Waals surface area contributed by atoms with Crippen molar-refractivity contribution < 1.29 is 0 Å². The third-order valence-electron chi connectivity index (χ3n) is 2.11. The van der Waals surface area contributed by atoms with Crippen LogP contribution in [0.1, 0.15) is 11.4 Å². The zero-order valence-electron chi connectivity index (χ0n) is 8.40. The Morgan fingerprint density at radius 3 is 2.60 bits per heavy atom. The van der Waals surface area contributed by atoms with Gasteiger partial charge in [0.1, 0.15) is 0 Å². The van der Waals surface area contributed by atoms with Gasteiger partial charge in [-0.15, -0.1) is 5.10 Å². The molecule has 6 heteroatoms. The summed E-state index contributed by atoms with van der Waals surface area (Å²) in [6, 6.07) is 0. The van der Waals surface area contributed by atoms with Gasteiger partial charge >= 0.3 is 0 Å². The molecule has 2 N–H and O–H groups in total. The Kier molecular flexibility index (Phi) is 2.44. The topological polar surface area (TPSA) is 69.6 Å². The second-order valence-electron chi connectivity index (χ2n) is 3.21. The second-order valence-corrected chi connectivity index (χ2v) is 4.06. The number of aryl methyl sites for hydroxylation is 2. The number of nitrogens with two attached hydrogens (primary N) is 1. The van der Waals surface area contributed by atoms with Gasteiger partial charge in [0.25, 0.3) is 0 Å². The van der Waals surface area contributed by atoms with Crippen molar-refractivity contribution in [3.05, 3.63) is 28.3 Å². The van der Waals surface area contributed by atoms with Crippen molar-refractivity contribution in [3.63, 3.8) is 0 Å². The molecule has 2 aromatic heterocycles. The highest BCUT2D eigenvalue weighted by Gasteiger charge is 2.06. The minimum Gasteiger partial charge on any atom is -0.381 e. The predicted octanol–water partition coefficient (Wildman–Crippen LogP) is 1.62. The van der Waals surface area contributed by atoms with Crippen LogP contribution >= 0.6 is 15.9 Å². The third-order valence-corrected chi connectivity index (χ3v) is 2.72. The van der Waals surface area contributed by atoms with E-state index in [0.717, 1.165) is 15.9 Å². The molecule has 0 aliphatic rings. The number of hydrogen-bond donors (Lipinski definition) is 1. The van der Waals surface area contributed by atoms with E-state index in [4.69, 9.17) is 5.73 Å². The summed E-state index contributed by atoms with van der Waals surface area (Å²) in [5, 5.41) is 4.10. The summed E-state index contributed by atoms with van der Waals surface area (Å²) in [5.74, 6) is 1.10. The van der Waals surface area contributed by atoms with Crippen LogP contribution < -0.4 is 5.73 Å². The fraction of sp³-hybridized carbons (Fsp3) is 0.222. The monoisotopic (exact) mass is 267 g/mol. The molecule has 5 nitrogen and oxygen atoms in total. The molecular formula is C9H10BrN5. The van der Waals surface area contributed by atoms with Crippen LogP contribution in [0.4, 0.5) is 5.82 Å². The molecular weight excluding hydrogens is 258 g/mol. The Hall–Kier alpha value is -1.43. The quantitative estimate of drug-likeness (QED) is 0.853. The van der Waals surface area contributed by atoms with Gasteiger partial charge in [-0.25, -0.2) is 9.67 Å². The van der Waals surface area contributed by atoms with Crippen molar-refractivity contribution in [1.29, 1.82) is 0 Å². The molecule has 78 valence electrons. The Morgan fingerprint density at radius 1 is 1.33 bits per heavy atom. The van der Waals surface area contributed by atoms with E-state index in [1.165, 1.54) is 0 Å². The first-order valence-corrected chi connectivity index (χ1v) is 5.18. The summed E-state index contributed by atoms with van der Waals surface area (Å²) in [6.45, 7) is 3.83. The van der Waals surface area contributed by atoms with Gasteiger partial charge in [-0.05, 0) is 29.8 Å². The standard InChI is InChI=1S/C9H10BrN5/c1-5-6(2)13-8(3-12-5)15-4-7(10)9(11)14-15/h3-4H,1-2H3,(H2,11,14). The molecule has 0 fully saturated rings. The molecule has 0 saturated carbocycles. The van der Waals surface area contributed by atoms with Gasteiger partial charge in [0.2, 0.25) is 0 Å². The van der Waals surface area contributed by atoms with Crippen LogP contribution in [0, 0.1) is 13.8 Å². The van der Waals surface area contributed by atoms with Crippen molar-refractivity contribution >= 4 is 21.7 Å². The highest BCUT2D eigenvalue weighted by molar-refractivity contribution is 9.10. The van der Waals surface area contributed by atoms with E-state index in [1.54, 1.807) is 17.1 Å². The lowest BCUT2D eigenvalue weighted by Gasteiger charge is -2.02. The van der Waals surface area contributed by atoms with Gasteiger partial charge in [-0.3, -0.25) is 4.98 Å². The van der Waals surface area contributed by atoms with Gasteiger partial charge in [0, 0.05) is 6.20 Å².